The number of aromatic hydroxyl groups is 1. The van der Waals surface area contributed by atoms with Crippen molar-refractivity contribution in [2.24, 2.45) is 5.11 Å². The number of hydrogen-bond acceptors (Lipinski definition) is 5. The molecular weight excluding hydrogens is 255 g/mol. The minimum Gasteiger partial charge on any atom is -0.505 e. The summed E-state index contributed by atoms with van der Waals surface area (Å²) in [7, 11) is 1.21. The second-order valence-corrected chi connectivity index (χ2v) is 3.58. The number of rotatable bonds is 6. The van der Waals surface area contributed by atoms with E-state index in [1.54, 1.807) is 0 Å². The summed E-state index contributed by atoms with van der Waals surface area (Å²) in [5, 5.41) is 15.2. The predicted molar refractivity (Wildman–Crippen MR) is 64.8 cm³/mol. The SMILES string of the molecule is COC(=O)C(NCCN=[N+]=[N-])c1ccc(O)c(F)c1. The molecule has 0 aromatic heterocycles. The van der Waals surface area contributed by atoms with E-state index >= 15 is 0 Å². The second kappa shape index (κ2) is 7.20. The van der Waals surface area contributed by atoms with Crippen LogP contribution in [-0.4, -0.2) is 31.3 Å². The number of nitrogens with one attached hydrogen (secondary N) is 1. The number of esters is 1. The number of phenolic OH excluding ortho intramolecular Hbond substituents is 1. The Labute approximate surface area is 108 Å². The minimum atomic E-state index is -0.894. The van der Waals surface area contributed by atoms with E-state index in [-0.39, 0.29) is 13.1 Å². The largest absolute Gasteiger partial charge is 0.505 e. The highest BCUT2D eigenvalue weighted by Crippen LogP contribution is 2.21. The summed E-state index contributed by atoms with van der Waals surface area (Å²) in [5.41, 5.74) is 8.44. The normalized spacial score (nSPS) is 11.5. The quantitative estimate of drug-likeness (QED) is 0.269. The van der Waals surface area contributed by atoms with Crippen molar-refractivity contribution in [1.29, 1.82) is 0 Å². The molecule has 1 aromatic rings. The van der Waals surface area contributed by atoms with E-state index in [0.29, 0.717) is 5.56 Å². The third-order valence-corrected chi connectivity index (χ3v) is 2.37. The molecule has 0 bridgehead atoms. The first-order valence-corrected chi connectivity index (χ1v) is 5.40. The molecule has 0 aliphatic carbocycles. The zero-order chi connectivity index (χ0) is 14.3. The number of azide groups is 1. The van der Waals surface area contributed by atoms with E-state index in [9.17, 15) is 9.18 Å². The molecule has 2 N–H and O–H groups in total. The third-order valence-electron chi connectivity index (χ3n) is 2.37. The number of nitrogens with zero attached hydrogens (tertiary/aromatic N) is 3. The highest BCUT2D eigenvalue weighted by molar-refractivity contribution is 5.77. The summed E-state index contributed by atoms with van der Waals surface area (Å²) < 4.78 is 17.9. The van der Waals surface area contributed by atoms with E-state index in [1.165, 1.54) is 13.2 Å². The monoisotopic (exact) mass is 268 g/mol. The molecule has 102 valence electrons. The Morgan fingerprint density at radius 1 is 1.68 bits per heavy atom. The number of carbonyl (C=O) groups excluding carboxylic acids is 1. The topological polar surface area (TPSA) is 107 Å². The summed E-state index contributed by atoms with van der Waals surface area (Å²) >= 11 is 0. The Balaban J connectivity index is 2.86. The van der Waals surface area contributed by atoms with Gasteiger partial charge in [-0.15, -0.1) is 0 Å². The molecule has 1 aromatic carbocycles. The molecule has 0 saturated heterocycles. The number of carbonyl (C=O) groups is 1. The van der Waals surface area contributed by atoms with Gasteiger partial charge in [-0.2, -0.15) is 0 Å². The van der Waals surface area contributed by atoms with Gasteiger partial charge >= 0.3 is 5.97 Å². The zero-order valence-electron chi connectivity index (χ0n) is 10.2. The fraction of sp³-hybridized carbons (Fsp3) is 0.364. The van der Waals surface area contributed by atoms with Crippen molar-refractivity contribution < 1.29 is 19.0 Å². The van der Waals surface area contributed by atoms with Crippen LogP contribution in [-0.2, 0) is 9.53 Å². The van der Waals surface area contributed by atoms with Crippen molar-refractivity contribution in [2.75, 3.05) is 20.2 Å². The van der Waals surface area contributed by atoms with Crippen LogP contribution in [0.3, 0.4) is 0 Å². The first-order valence-electron chi connectivity index (χ1n) is 5.40. The summed E-state index contributed by atoms with van der Waals surface area (Å²) in [6, 6.07) is 2.70. The summed E-state index contributed by atoms with van der Waals surface area (Å²) in [5.74, 6) is -1.93. The second-order valence-electron chi connectivity index (χ2n) is 3.58. The van der Waals surface area contributed by atoms with Crippen LogP contribution in [0.15, 0.2) is 23.3 Å². The van der Waals surface area contributed by atoms with E-state index < -0.39 is 23.6 Å². The number of ether oxygens (including phenoxy) is 1. The molecule has 0 amide bonds. The molecule has 7 nitrogen and oxygen atoms in total. The third kappa shape index (κ3) is 4.13. The molecule has 0 radical (unpaired) electrons. The van der Waals surface area contributed by atoms with Crippen molar-refractivity contribution in [3.8, 4) is 5.75 Å². The van der Waals surface area contributed by atoms with Gasteiger partial charge in [-0.05, 0) is 23.2 Å². The van der Waals surface area contributed by atoms with Crippen molar-refractivity contribution in [3.63, 3.8) is 0 Å². The average Bonchev–Trinajstić information content (AvgIpc) is 2.41. The van der Waals surface area contributed by atoms with Gasteiger partial charge in [-0.25, -0.2) is 9.18 Å². The van der Waals surface area contributed by atoms with E-state index in [1.807, 2.05) is 0 Å². The Kier molecular flexibility index (Phi) is 5.59. The Morgan fingerprint density at radius 2 is 2.42 bits per heavy atom. The van der Waals surface area contributed by atoms with E-state index in [4.69, 9.17) is 10.6 Å². The van der Waals surface area contributed by atoms with Crippen molar-refractivity contribution in [2.45, 2.75) is 6.04 Å². The number of hydrogen-bond donors (Lipinski definition) is 2. The molecule has 1 atom stereocenters. The van der Waals surface area contributed by atoms with Crippen molar-refractivity contribution in [1.82, 2.24) is 5.32 Å². The molecule has 1 rings (SSSR count). The Morgan fingerprint density at radius 3 is 3.00 bits per heavy atom. The van der Waals surface area contributed by atoms with Crippen LogP contribution < -0.4 is 5.32 Å². The fourth-order valence-corrected chi connectivity index (χ4v) is 1.46. The minimum absolute atomic E-state index is 0.143. The van der Waals surface area contributed by atoms with Gasteiger partial charge < -0.3 is 15.2 Å². The number of phenols is 1. The molecular formula is C11H13FN4O3. The molecule has 0 fully saturated rings. The van der Waals surface area contributed by atoms with Crippen LogP contribution in [0.1, 0.15) is 11.6 Å². The van der Waals surface area contributed by atoms with Gasteiger partial charge in [-0.3, -0.25) is 0 Å². The molecule has 0 spiro atoms. The van der Waals surface area contributed by atoms with Crippen LogP contribution in [0, 0.1) is 5.82 Å². The van der Waals surface area contributed by atoms with Gasteiger partial charge in [0.2, 0.25) is 0 Å². The lowest BCUT2D eigenvalue weighted by atomic mass is 10.1. The van der Waals surface area contributed by atoms with Crippen LogP contribution in [0.2, 0.25) is 0 Å². The molecule has 0 aliphatic heterocycles. The van der Waals surface area contributed by atoms with Gasteiger partial charge in [0.1, 0.15) is 6.04 Å². The first-order chi connectivity index (χ1) is 9.10. The molecule has 8 heteroatoms. The number of benzene rings is 1. The van der Waals surface area contributed by atoms with Gasteiger partial charge in [0.15, 0.2) is 11.6 Å². The molecule has 0 aliphatic rings. The maximum atomic E-state index is 13.3. The lowest BCUT2D eigenvalue weighted by Gasteiger charge is -2.16. The summed E-state index contributed by atoms with van der Waals surface area (Å²) in [4.78, 5) is 14.2. The zero-order valence-corrected chi connectivity index (χ0v) is 10.2. The lowest BCUT2D eigenvalue weighted by Crippen LogP contribution is -2.31. The molecule has 0 heterocycles. The van der Waals surface area contributed by atoms with Gasteiger partial charge in [0, 0.05) is 18.0 Å². The van der Waals surface area contributed by atoms with Crippen LogP contribution in [0.5, 0.6) is 5.75 Å². The van der Waals surface area contributed by atoms with Gasteiger partial charge in [0.25, 0.3) is 0 Å². The van der Waals surface area contributed by atoms with Crippen molar-refractivity contribution in [3.05, 3.63) is 40.0 Å². The standard InChI is InChI=1S/C11H13FN4O3/c1-19-11(18)10(14-4-5-15-16-13)7-2-3-9(17)8(12)6-7/h2-3,6,10,14,17H,4-5H2,1H3. The van der Waals surface area contributed by atoms with Crippen LogP contribution in [0.4, 0.5) is 4.39 Å². The van der Waals surface area contributed by atoms with Gasteiger partial charge in [-0.1, -0.05) is 11.2 Å². The van der Waals surface area contributed by atoms with Crippen molar-refractivity contribution >= 4 is 5.97 Å². The highest BCUT2D eigenvalue weighted by atomic mass is 19.1. The first kappa shape index (κ1) is 14.7. The smallest absolute Gasteiger partial charge is 0.327 e. The molecule has 19 heavy (non-hydrogen) atoms. The predicted octanol–water partition coefficient (Wildman–Crippen LogP) is 1.65. The lowest BCUT2D eigenvalue weighted by molar-refractivity contribution is -0.143. The van der Waals surface area contributed by atoms with E-state index in [0.717, 1.165) is 12.1 Å². The Hall–Kier alpha value is -2.31. The van der Waals surface area contributed by atoms with Gasteiger partial charge in [0.05, 0.1) is 7.11 Å². The summed E-state index contributed by atoms with van der Waals surface area (Å²) in [6.07, 6.45) is 0. The van der Waals surface area contributed by atoms with Crippen LogP contribution in [0.25, 0.3) is 10.4 Å². The van der Waals surface area contributed by atoms with Crippen LogP contribution >= 0.6 is 0 Å². The van der Waals surface area contributed by atoms with E-state index in [2.05, 4.69) is 20.1 Å². The fourth-order valence-electron chi connectivity index (χ4n) is 1.46. The molecule has 1 unspecified atom stereocenters. The molecule has 0 saturated carbocycles. The number of halogens is 1. The highest BCUT2D eigenvalue weighted by Gasteiger charge is 2.21. The average molecular weight is 268 g/mol. The maximum Gasteiger partial charge on any atom is 0.327 e. The Bertz CT molecular complexity index is 503. The number of methoxy groups -OCH3 is 1. The maximum absolute atomic E-state index is 13.3. The summed E-state index contributed by atoms with van der Waals surface area (Å²) in [6.45, 7) is 0.372.